The number of nitroso groups, excluding NO2 is 1. The minimum absolute atomic E-state index is 0.0123. The predicted octanol–water partition coefficient (Wildman–Crippen LogP) is 2.99. The average Bonchev–Trinajstić information content (AvgIpc) is 3.53. The quantitative estimate of drug-likeness (QED) is 0.365. The fraction of sp³-hybridized carbons (Fsp3) is 0.227. The van der Waals surface area contributed by atoms with Crippen LogP contribution in [0.5, 0.6) is 0 Å². The molecular formula is C22H21FN7O4S2+. The Kier molecular flexibility index (Phi) is 6.14. The molecule has 0 radical (unpaired) electrons. The van der Waals surface area contributed by atoms with Crippen molar-refractivity contribution in [2.75, 3.05) is 29.3 Å². The SMILES string of the molecule is C[C@H](n1ccc2cccc(F)c21)[N+](=O)N1CCN(c2ccc(S(=O)(=O)Nc3ncns3)cc2)C(=O)C1. The standard InChI is InChI=1S/C22H21FN7O4S2/c1-15(28-10-9-16-3-2-4-19(23)21(16)28)30(32)27-11-12-29(20(31)13-27)17-5-7-18(8-6-17)36(33,34)26-22-24-14-25-35-22/h2-10,14-15H,11-13H2,1H3,(H,24,25,26)/q+1/t15-/m1/s1. The highest BCUT2D eigenvalue weighted by atomic mass is 32.2. The van der Waals surface area contributed by atoms with Gasteiger partial charge in [0.1, 0.15) is 17.0 Å². The fourth-order valence-electron chi connectivity index (χ4n) is 4.13. The molecule has 0 saturated carbocycles. The van der Waals surface area contributed by atoms with Gasteiger partial charge in [0, 0.05) is 42.3 Å². The van der Waals surface area contributed by atoms with Gasteiger partial charge in [0.2, 0.25) is 5.13 Å². The second-order valence-electron chi connectivity index (χ2n) is 8.11. The lowest BCUT2D eigenvalue weighted by Crippen LogP contribution is -2.54. The summed E-state index contributed by atoms with van der Waals surface area (Å²) in [5, 5.41) is 2.21. The Morgan fingerprint density at radius 1 is 1.14 bits per heavy atom. The maximum absolute atomic E-state index is 14.4. The van der Waals surface area contributed by atoms with E-state index in [0.717, 1.165) is 11.5 Å². The van der Waals surface area contributed by atoms with E-state index in [0.29, 0.717) is 21.5 Å². The first-order valence-corrected chi connectivity index (χ1v) is 13.2. The number of carbonyl (C=O) groups is 1. The summed E-state index contributed by atoms with van der Waals surface area (Å²) in [4.78, 5) is 32.0. The summed E-state index contributed by atoms with van der Waals surface area (Å²) in [6.45, 7) is 1.94. The second kappa shape index (κ2) is 9.28. The summed E-state index contributed by atoms with van der Waals surface area (Å²) >= 11 is 0.917. The number of amides is 1. The van der Waals surface area contributed by atoms with Crippen LogP contribution in [-0.4, -0.2) is 57.8 Å². The highest BCUT2D eigenvalue weighted by Gasteiger charge is 2.37. The number of anilines is 2. The van der Waals surface area contributed by atoms with E-state index in [1.165, 1.54) is 46.6 Å². The van der Waals surface area contributed by atoms with Crippen molar-refractivity contribution in [3.63, 3.8) is 0 Å². The summed E-state index contributed by atoms with van der Waals surface area (Å²) < 4.78 is 47.0. The minimum Gasteiger partial charge on any atom is -0.309 e. The van der Waals surface area contributed by atoms with Crippen molar-refractivity contribution in [1.82, 2.24) is 18.9 Å². The highest BCUT2D eigenvalue weighted by molar-refractivity contribution is 7.93. The molecule has 11 nitrogen and oxygen atoms in total. The topological polar surface area (TPSA) is 121 Å². The van der Waals surface area contributed by atoms with Crippen molar-refractivity contribution >= 4 is 49.2 Å². The molecule has 36 heavy (non-hydrogen) atoms. The van der Waals surface area contributed by atoms with E-state index in [4.69, 9.17) is 0 Å². The van der Waals surface area contributed by atoms with Crippen LogP contribution in [0.2, 0.25) is 0 Å². The number of piperazine rings is 1. The first-order chi connectivity index (χ1) is 17.2. The van der Waals surface area contributed by atoms with Crippen LogP contribution in [0.25, 0.3) is 10.9 Å². The van der Waals surface area contributed by atoms with Crippen molar-refractivity contribution in [2.45, 2.75) is 18.0 Å². The molecule has 0 unspecified atom stereocenters. The number of hydrogen-bond acceptors (Lipinski definition) is 7. The van der Waals surface area contributed by atoms with Gasteiger partial charge in [-0.1, -0.05) is 12.1 Å². The molecule has 1 saturated heterocycles. The van der Waals surface area contributed by atoms with E-state index in [1.54, 1.807) is 35.9 Å². The van der Waals surface area contributed by atoms with Gasteiger partial charge >= 0.3 is 6.17 Å². The highest BCUT2D eigenvalue weighted by Crippen LogP contribution is 2.26. The Hall–Kier alpha value is -3.91. The lowest BCUT2D eigenvalue weighted by atomic mass is 10.2. The Bertz CT molecular complexity index is 1540. The van der Waals surface area contributed by atoms with Crippen molar-refractivity contribution in [1.29, 1.82) is 0 Å². The molecule has 0 spiro atoms. The van der Waals surface area contributed by atoms with Crippen molar-refractivity contribution in [2.24, 2.45) is 0 Å². The van der Waals surface area contributed by atoms with Gasteiger partial charge in [0.15, 0.2) is 6.54 Å². The number of para-hydroxylation sites is 1. The maximum atomic E-state index is 14.4. The van der Waals surface area contributed by atoms with Crippen LogP contribution >= 0.6 is 11.5 Å². The van der Waals surface area contributed by atoms with E-state index >= 15 is 0 Å². The molecule has 0 aliphatic carbocycles. The minimum atomic E-state index is -3.84. The number of benzene rings is 2. The van der Waals surface area contributed by atoms with Crippen LogP contribution in [0.3, 0.4) is 0 Å². The lowest BCUT2D eigenvalue weighted by molar-refractivity contribution is -0.747. The molecule has 5 rings (SSSR count). The summed E-state index contributed by atoms with van der Waals surface area (Å²) in [6.07, 6.45) is 2.13. The third-order valence-corrected chi connectivity index (χ3v) is 8.00. The van der Waals surface area contributed by atoms with Gasteiger partial charge in [-0.15, -0.1) is 5.01 Å². The van der Waals surface area contributed by atoms with Crippen LogP contribution in [0.1, 0.15) is 13.1 Å². The fourth-order valence-corrected chi connectivity index (χ4v) is 5.79. The predicted molar refractivity (Wildman–Crippen MR) is 131 cm³/mol. The van der Waals surface area contributed by atoms with E-state index in [1.807, 2.05) is 0 Å². The average molecular weight is 531 g/mol. The molecule has 3 heterocycles. The zero-order chi connectivity index (χ0) is 25.4. The number of hydrogen-bond donors (Lipinski definition) is 1. The Morgan fingerprint density at radius 2 is 1.92 bits per heavy atom. The summed E-state index contributed by atoms with van der Waals surface area (Å²) in [5.74, 6) is -0.747. The number of sulfonamides is 1. The van der Waals surface area contributed by atoms with E-state index < -0.39 is 22.0 Å². The second-order valence-corrected chi connectivity index (χ2v) is 10.6. The van der Waals surface area contributed by atoms with Crippen molar-refractivity contribution in [3.05, 3.63) is 71.8 Å². The molecule has 1 N–H and O–H groups in total. The van der Waals surface area contributed by atoms with Crippen LogP contribution in [-0.2, 0) is 14.8 Å². The van der Waals surface area contributed by atoms with E-state index in [-0.39, 0.29) is 35.6 Å². The van der Waals surface area contributed by atoms with Gasteiger partial charge in [0.05, 0.1) is 21.9 Å². The van der Waals surface area contributed by atoms with Gasteiger partial charge in [0.25, 0.3) is 15.9 Å². The zero-order valence-corrected chi connectivity index (χ0v) is 20.6. The third kappa shape index (κ3) is 4.40. The van der Waals surface area contributed by atoms with Crippen molar-refractivity contribution in [3.8, 4) is 0 Å². The van der Waals surface area contributed by atoms with Gasteiger partial charge < -0.3 is 4.90 Å². The van der Waals surface area contributed by atoms with Gasteiger partial charge in [-0.05, 0) is 36.4 Å². The molecule has 1 atom stereocenters. The van der Waals surface area contributed by atoms with Crippen molar-refractivity contribution < 1.29 is 22.5 Å². The number of hydrazine groups is 1. The first-order valence-electron chi connectivity index (χ1n) is 10.9. The van der Waals surface area contributed by atoms with Gasteiger partial charge in [-0.25, -0.2) is 17.8 Å². The third-order valence-electron chi connectivity index (χ3n) is 5.93. The largest absolute Gasteiger partial charge is 0.309 e. The van der Waals surface area contributed by atoms with Crippen LogP contribution < -0.4 is 9.62 Å². The normalized spacial score (nSPS) is 15.3. The monoisotopic (exact) mass is 530 g/mol. The Morgan fingerprint density at radius 3 is 2.61 bits per heavy atom. The Balaban J connectivity index is 1.27. The number of nitrogens with one attached hydrogen (secondary N) is 1. The smallest absolute Gasteiger partial charge is 0.309 e. The molecular weight excluding hydrogens is 509 g/mol. The number of rotatable bonds is 7. The molecule has 14 heteroatoms. The van der Waals surface area contributed by atoms with Crippen LogP contribution in [0, 0.1) is 10.7 Å². The number of aromatic nitrogens is 3. The number of carbonyl (C=O) groups excluding carboxylic acids is 1. The van der Waals surface area contributed by atoms with Crippen LogP contribution in [0.4, 0.5) is 15.2 Å². The summed E-state index contributed by atoms with van der Waals surface area (Å²) in [5.41, 5.74) is 0.838. The first kappa shape index (κ1) is 23.8. The number of fused-ring (bicyclic) bond motifs is 1. The molecule has 1 amide bonds. The van der Waals surface area contributed by atoms with Gasteiger partial charge in [-0.3, -0.25) is 14.1 Å². The number of halogens is 1. The van der Waals surface area contributed by atoms with Crippen LogP contribution in [0.15, 0.2) is 66.0 Å². The maximum Gasteiger partial charge on any atom is 0.309 e. The molecule has 0 bridgehead atoms. The molecule has 2 aromatic carbocycles. The van der Waals surface area contributed by atoms with E-state index in [2.05, 4.69) is 14.1 Å². The Labute approximate surface area is 209 Å². The number of nitrogens with zero attached hydrogens (tertiary/aromatic N) is 6. The molecule has 1 aliphatic rings. The molecule has 1 aliphatic heterocycles. The zero-order valence-electron chi connectivity index (χ0n) is 19.0. The molecule has 1 fully saturated rings. The molecule has 2 aromatic heterocycles. The lowest BCUT2D eigenvalue weighted by Gasteiger charge is -2.31. The summed E-state index contributed by atoms with van der Waals surface area (Å²) in [6, 6.07) is 12.3. The summed E-state index contributed by atoms with van der Waals surface area (Å²) in [7, 11) is -3.84. The molecule has 186 valence electrons. The van der Waals surface area contributed by atoms with Gasteiger partial charge in [-0.2, -0.15) is 4.37 Å². The van der Waals surface area contributed by atoms with E-state index in [9.17, 15) is 22.5 Å². The molecule has 4 aromatic rings.